The van der Waals surface area contributed by atoms with Crippen LogP contribution in [0.3, 0.4) is 0 Å². The molecular formula is C15H24N2. The van der Waals surface area contributed by atoms with Crippen molar-refractivity contribution in [2.75, 3.05) is 33.7 Å². The molecule has 1 aromatic rings. The van der Waals surface area contributed by atoms with Gasteiger partial charge in [0.1, 0.15) is 0 Å². The first kappa shape index (κ1) is 13.9. The van der Waals surface area contributed by atoms with Gasteiger partial charge in [-0.05, 0) is 31.8 Å². The lowest BCUT2D eigenvalue weighted by Crippen LogP contribution is -2.30. The maximum atomic E-state index is 3.76. The number of likely N-dealkylation sites (N-methyl/N-ethyl adjacent to an activating group) is 2. The first-order valence-corrected chi connectivity index (χ1v) is 6.24. The summed E-state index contributed by atoms with van der Waals surface area (Å²) in [6, 6.07) is 8.59. The zero-order valence-electron chi connectivity index (χ0n) is 11.3. The molecule has 1 aromatic carbocycles. The lowest BCUT2D eigenvalue weighted by Gasteiger charge is -2.21. The molecule has 2 nitrogen and oxygen atoms in total. The molecule has 1 rings (SSSR count). The van der Waals surface area contributed by atoms with E-state index in [-0.39, 0.29) is 0 Å². The molecule has 0 aliphatic rings. The molecule has 0 atom stereocenters. The molecule has 0 spiro atoms. The quantitative estimate of drug-likeness (QED) is 0.713. The molecule has 0 saturated carbocycles. The molecule has 0 fully saturated rings. The Bertz CT molecular complexity index is 329. The summed E-state index contributed by atoms with van der Waals surface area (Å²) in [6.45, 7) is 10.3. The third kappa shape index (κ3) is 5.16. The Morgan fingerprint density at radius 1 is 1.06 bits per heavy atom. The average Bonchev–Trinajstić information content (AvgIpc) is 2.36. The molecule has 17 heavy (non-hydrogen) atoms. The van der Waals surface area contributed by atoms with E-state index in [1.54, 1.807) is 0 Å². The number of nitrogens with zero attached hydrogens (tertiary/aromatic N) is 2. The first-order chi connectivity index (χ1) is 8.15. The summed E-state index contributed by atoms with van der Waals surface area (Å²) in [5.74, 6) is 0. The van der Waals surface area contributed by atoms with Crippen molar-refractivity contribution in [1.29, 1.82) is 0 Å². The predicted octanol–water partition coefficient (Wildman–Crippen LogP) is 2.71. The van der Waals surface area contributed by atoms with Crippen molar-refractivity contribution >= 4 is 6.08 Å². The largest absolute Gasteiger partial charge is 0.305 e. The maximum Gasteiger partial charge on any atom is 0.0231 e. The number of hydrogen-bond donors (Lipinski definition) is 0. The van der Waals surface area contributed by atoms with Crippen LogP contribution in [0, 0.1) is 0 Å². The van der Waals surface area contributed by atoms with E-state index in [0.717, 1.165) is 26.2 Å². The summed E-state index contributed by atoms with van der Waals surface area (Å²) >= 11 is 0. The van der Waals surface area contributed by atoms with Crippen molar-refractivity contribution in [2.24, 2.45) is 0 Å². The highest BCUT2D eigenvalue weighted by molar-refractivity contribution is 5.47. The second kappa shape index (κ2) is 7.25. The fourth-order valence-electron chi connectivity index (χ4n) is 1.65. The smallest absolute Gasteiger partial charge is 0.0231 e. The standard InChI is InChI=1S/C15H24N2/c1-5-14-7-9-15(10-8-14)13-17(4)12-11-16(3)6-2/h5,7-10H,1,6,11-13H2,2-4H3. The number of rotatable bonds is 7. The molecule has 0 aliphatic carbocycles. The van der Waals surface area contributed by atoms with Crippen LogP contribution in [0.15, 0.2) is 30.8 Å². The second-order valence-corrected chi connectivity index (χ2v) is 4.58. The molecule has 0 N–H and O–H groups in total. The molecule has 2 heteroatoms. The monoisotopic (exact) mass is 232 g/mol. The van der Waals surface area contributed by atoms with Crippen LogP contribution in [0.4, 0.5) is 0 Å². The van der Waals surface area contributed by atoms with Gasteiger partial charge in [0.05, 0.1) is 0 Å². The van der Waals surface area contributed by atoms with E-state index in [0.29, 0.717) is 0 Å². The normalized spacial score (nSPS) is 11.1. The van der Waals surface area contributed by atoms with Gasteiger partial charge in [-0.2, -0.15) is 0 Å². The maximum absolute atomic E-state index is 3.76. The van der Waals surface area contributed by atoms with Crippen LogP contribution in [-0.2, 0) is 6.54 Å². The molecule has 94 valence electrons. The fraction of sp³-hybridized carbons (Fsp3) is 0.467. The van der Waals surface area contributed by atoms with Crippen LogP contribution in [0.5, 0.6) is 0 Å². The Hall–Kier alpha value is -1.12. The summed E-state index contributed by atoms with van der Waals surface area (Å²) in [7, 11) is 4.33. The van der Waals surface area contributed by atoms with Crippen molar-refractivity contribution in [3.05, 3.63) is 42.0 Å². The van der Waals surface area contributed by atoms with Gasteiger partial charge in [-0.25, -0.2) is 0 Å². The first-order valence-electron chi connectivity index (χ1n) is 6.24. The second-order valence-electron chi connectivity index (χ2n) is 4.58. The van der Waals surface area contributed by atoms with Crippen molar-refractivity contribution < 1.29 is 0 Å². The van der Waals surface area contributed by atoms with E-state index in [1.165, 1.54) is 11.1 Å². The Labute approximate surface area is 106 Å². The molecular weight excluding hydrogens is 208 g/mol. The van der Waals surface area contributed by atoms with Crippen LogP contribution in [-0.4, -0.2) is 43.5 Å². The van der Waals surface area contributed by atoms with Crippen molar-refractivity contribution in [2.45, 2.75) is 13.5 Å². The van der Waals surface area contributed by atoms with Crippen LogP contribution < -0.4 is 0 Å². The fourth-order valence-corrected chi connectivity index (χ4v) is 1.65. The van der Waals surface area contributed by atoms with Crippen LogP contribution in [0.2, 0.25) is 0 Å². The van der Waals surface area contributed by atoms with Gasteiger partial charge in [-0.1, -0.05) is 43.8 Å². The minimum atomic E-state index is 1.01. The van der Waals surface area contributed by atoms with Gasteiger partial charge in [0, 0.05) is 19.6 Å². The minimum Gasteiger partial charge on any atom is -0.305 e. The molecule has 0 amide bonds. The van der Waals surface area contributed by atoms with Crippen LogP contribution in [0.1, 0.15) is 18.1 Å². The van der Waals surface area contributed by atoms with Crippen molar-refractivity contribution in [1.82, 2.24) is 9.80 Å². The zero-order chi connectivity index (χ0) is 12.7. The molecule has 0 radical (unpaired) electrons. The highest BCUT2D eigenvalue weighted by Crippen LogP contribution is 2.07. The Morgan fingerprint density at radius 3 is 2.18 bits per heavy atom. The lowest BCUT2D eigenvalue weighted by atomic mass is 10.1. The SMILES string of the molecule is C=Cc1ccc(CN(C)CCN(C)CC)cc1. The highest BCUT2D eigenvalue weighted by Gasteiger charge is 2.01. The molecule has 0 unspecified atom stereocenters. The lowest BCUT2D eigenvalue weighted by molar-refractivity contribution is 0.258. The van der Waals surface area contributed by atoms with Crippen LogP contribution >= 0.6 is 0 Å². The average molecular weight is 232 g/mol. The molecule has 0 heterocycles. The van der Waals surface area contributed by atoms with Gasteiger partial charge in [0.2, 0.25) is 0 Å². The van der Waals surface area contributed by atoms with Crippen molar-refractivity contribution in [3.8, 4) is 0 Å². The summed E-state index contributed by atoms with van der Waals surface area (Å²) in [6.07, 6.45) is 1.88. The minimum absolute atomic E-state index is 1.01. The molecule has 0 saturated heterocycles. The number of hydrogen-bond acceptors (Lipinski definition) is 2. The van der Waals surface area contributed by atoms with Gasteiger partial charge >= 0.3 is 0 Å². The van der Waals surface area contributed by atoms with Gasteiger partial charge in [-0.15, -0.1) is 0 Å². The van der Waals surface area contributed by atoms with E-state index in [4.69, 9.17) is 0 Å². The highest BCUT2D eigenvalue weighted by atomic mass is 15.2. The van der Waals surface area contributed by atoms with E-state index in [9.17, 15) is 0 Å². The van der Waals surface area contributed by atoms with Gasteiger partial charge in [0.25, 0.3) is 0 Å². The predicted molar refractivity (Wildman–Crippen MR) is 76.0 cm³/mol. The van der Waals surface area contributed by atoms with Gasteiger partial charge in [0.15, 0.2) is 0 Å². The Morgan fingerprint density at radius 2 is 1.65 bits per heavy atom. The summed E-state index contributed by atoms with van der Waals surface area (Å²) in [5.41, 5.74) is 2.54. The van der Waals surface area contributed by atoms with E-state index in [1.807, 2.05) is 6.08 Å². The summed E-state index contributed by atoms with van der Waals surface area (Å²) < 4.78 is 0. The Balaban J connectivity index is 2.39. The molecule has 0 aliphatic heterocycles. The third-order valence-corrected chi connectivity index (χ3v) is 3.07. The van der Waals surface area contributed by atoms with E-state index in [2.05, 4.69) is 61.7 Å². The summed E-state index contributed by atoms with van der Waals surface area (Å²) in [5, 5.41) is 0. The zero-order valence-corrected chi connectivity index (χ0v) is 11.3. The molecule has 0 bridgehead atoms. The topological polar surface area (TPSA) is 6.48 Å². The van der Waals surface area contributed by atoms with Gasteiger partial charge in [-0.3, -0.25) is 0 Å². The Kier molecular flexibility index (Phi) is 5.95. The van der Waals surface area contributed by atoms with Crippen molar-refractivity contribution in [3.63, 3.8) is 0 Å². The van der Waals surface area contributed by atoms with Gasteiger partial charge < -0.3 is 9.80 Å². The summed E-state index contributed by atoms with van der Waals surface area (Å²) in [4.78, 5) is 4.69. The van der Waals surface area contributed by atoms with Crippen LogP contribution in [0.25, 0.3) is 6.08 Å². The van der Waals surface area contributed by atoms with E-state index >= 15 is 0 Å². The van der Waals surface area contributed by atoms with E-state index < -0.39 is 0 Å². The molecule has 0 aromatic heterocycles. The number of benzene rings is 1. The third-order valence-electron chi connectivity index (χ3n) is 3.07.